The molecule has 0 bridgehead atoms. The lowest BCUT2D eigenvalue weighted by atomic mass is 10.0. The molecule has 0 aromatic rings. The fraction of sp³-hybridized carbons (Fsp3) is 0.737. The van der Waals surface area contributed by atoms with Crippen LogP contribution in [-0.2, 0) is 24.0 Å². The summed E-state index contributed by atoms with van der Waals surface area (Å²) < 4.78 is 0. The number of carboxylic acid groups (broad SMARTS) is 1. The molecule has 0 aromatic heterocycles. The Labute approximate surface area is 182 Å². The third kappa shape index (κ3) is 12.5. The third-order valence-electron chi connectivity index (χ3n) is 4.42. The standard InChI is InChI=1S/C19H36N6O6/c1-11(2)9-14(23-16(27)10-21)18(29)24-12(5-3-4-8-20)17(28)25-13(19(30)31)6-7-15(22)26/h11-14H,3-10,20-21H2,1-2H3,(H2,22,26)(H,23,27)(H,24,29)(H,25,28)(H,30,31). The Morgan fingerprint density at radius 1 is 0.839 bits per heavy atom. The number of nitrogens with one attached hydrogen (secondary N) is 3. The molecule has 0 spiro atoms. The molecule has 0 rings (SSSR count). The molecule has 0 aliphatic carbocycles. The van der Waals surface area contributed by atoms with E-state index in [1.165, 1.54) is 0 Å². The molecule has 0 aromatic carbocycles. The molecule has 0 fully saturated rings. The molecule has 10 N–H and O–H groups in total. The number of carbonyl (C=O) groups excluding carboxylic acids is 4. The summed E-state index contributed by atoms with van der Waals surface area (Å²) in [6.45, 7) is 3.84. The highest BCUT2D eigenvalue weighted by Gasteiger charge is 2.29. The number of unbranched alkanes of at least 4 members (excludes halogenated alkanes) is 1. The molecule has 3 unspecified atom stereocenters. The molecule has 12 heteroatoms. The number of carboxylic acids is 1. The summed E-state index contributed by atoms with van der Waals surface area (Å²) in [6.07, 6.45) is 1.26. The lowest BCUT2D eigenvalue weighted by Crippen LogP contribution is -2.56. The Morgan fingerprint density at radius 2 is 1.42 bits per heavy atom. The average molecular weight is 445 g/mol. The van der Waals surface area contributed by atoms with Crippen LogP contribution in [0.5, 0.6) is 0 Å². The maximum atomic E-state index is 12.8. The normalized spacial score (nSPS) is 13.7. The summed E-state index contributed by atoms with van der Waals surface area (Å²) in [6, 6.07) is -3.28. The lowest BCUT2D eigenvalue weighted by Gasteiger charge is -2.25. The molecular weight excluding hydrogens is 408 g/mol. The van der Waals surface area contributed by atoms with Gasteiger partial charge < -0.3 is 38.3 Å². The van der Waals surface area contributed by atoms with Gasteiger partial charge in [0.1, 0.15) is 18.1 Å². The van der Waals surface area contributed by atoms with E-state index in [9.17, 15) is 29.1 Å². The van der Waals surface area contributed by atoms with Gasteiger partial charge in [-0.15, -0.1) is 0 Å². The van der Waals surface area contributed by atoms with E-state index >= 15 is 0 Å². The van der Waals surface area contributed by atoms with Gasteiger partial charge in [-0.2, -0.15) is 0 Å². The van der Waals surface area contributed by atoms with Crippen LogP contribution in [0.1, 0.15) is 52.4 Å². The molecule has 0 radical (unpaired) electrons. The van der Waals surface area contributed by atoms with Gasteiger partial charge in [0.05, 0.1) is 6.54 Å². The topological polar surface area (TPSA) is 220 Å². The minimum Gasteiger partial charge on any atom is -0.480 e. The van der Waals surface area contributed by atoms with Crippen LogP contribution < -0.4 is 33.2 Å². The Morgan fingerprint density at radius 3 is 1.90 bits per heavy atom. The van der Waals surface area contributed by atoms with Gasteiger partial charge in [0.2, 0.25) is 23.6 Å². The monoisotopic (exact) mass is 444 g/mol. The van der Waals surface area contributed by atoms with Crippen molar-refractivity contribution < 1.29 is 29.1 Å². The number of hydrogen-bond donors (Lipinski definition) is 7. The largest absolute Gasteiger partial charge is 0.480 e. The molecule has 3 atom stereocenters. The SMILES string of the molecule is CC(C)CC(NC(=O)CN)C(=O)NC(CCCCN)C(=O)NC(CCC(N)=O)C(=O)O. The van der Waals surface area contributed by atoms with Crippen molar-refractivity contribution in [1.29, 1.82) is 0 Å². The first-order valence-electron chi connectivity index (χ1n) is 10.3. The highest BCUT2D eigenvalue weighted by molar-refractivity contribution is 5.93. The van der Waals surface area contributed by atoms with Crippen molar-refractivity contribution in [3.05, 3.63) is 0 Å². The number of rotatable bonds is 16. The van der Waals surface area contributed by atoms with E-state index in [0.717, 1.165) is 0 Å². The van der Waals surface area contributed by atoms with Crippen LogP contribution >= 0.6 is 0 Å². The minimum atomic E-state index is -1.34. The molecule has 12 nitrogen and oxygen atoms in total. The van der Waals surface area contributed by atoms with Crippen LogP contribution in [0.3, 0.4) is 0 Å². The van der Waals surface area contributed by atoms with Crippen LogP contribution in [0.4, 0.5) is 0 Å². The van der Waals surface area contributed by atoms with Crippen molar-refractivity contribution >= 4 is 29.6 Å². The second-order valence-electron chi connectivity index (χ2n) is 7.70. The van der Waals surface area contributed by atoms with Crippen LogP contribution in [0.15, 0.2) is 0 Å². The zero-order valence-electron chi connectivity index (χ0n) is 18.2. The van der Waals surface area contributed by atoms with Crippen molar-refractivity contribution in [1.82, 2.24) is 16.0 Å². The van der Waals surface area contributed by atoms with E-state index in [1.54, 1.807) is 0 Å². The van der Waals surface area contributed by atoms with Gasteiger partial charge in [0.25, 0.3) is 0 Å². The first-order valence-corrected chi connectivity index (χ1v) is 10.3. The number of nitrogens with two attached hydrogens (primary N) is 3. The van der Waals surface area contributed by atoms with Gasteiger partial charge in [-0.3, -0.25) is 19.2 Å². The van der Waals surface area contributed by atoms with E-state index in [4.69, 9.17) is 17.2 Å². The van der Waals surface area contributed by atoms with Crippen LogP contribution in [0.25, 0.3) is 0 Å². The first-order chi connectivity index (χ1) is 14.5. The molecule has 31 heavy (non-hydrogen) atoms. The quantitative estimate of drug-likeness (QED) is 0.131. The fourth-order valence-electron chi connectivity index (χ4n) is 2.81. The Kier molecular flexibility index (Phi) is 13.8. The Bertz CT molecular complexity index is 627. The van der Waals surface area contributed by atoms with Crippen molar-refractivity contribution in [2.24, 2.45) is 23.1 Å². The van der Waals surface area contributed by atoms with Gasteiger partial charge in [-0.25, -0.2) is 4.79 Å². The van der Waals surface area contributed by atoms with E-state index in [0.29, 0.717) is 25.8 Å². The zero-order chi connectivity index (χ0) is 24.0. The number of hydrogen-bond acceptors (Lipinski definition) is 7. The highest BCUT2D eigenvalue weighted by atomic mass is 16.4. The summed E-state index contributed by atoms with van der Waals surface area (Å²) in [7, 11) is 0. The number of amides is 4. The summed E-state index contributed by atoms with van der Waals surface area (Å²) in [5.74, 6) is -3.75. The molecule has 0 saturated carbocycles. The van der Waals surface area contributed by atoms with Crippen LogP contribution in [0.2, 0.25) is 0 Å². The molecule has 0 aliphatic heterocycles. The van der Waals surface area contributed by atoms with Gasteiger partial charge in [0, 0.05) is 6.42 Å². The van der Waals surface area contributed by atoms with Gasteiger partial charge in [0.15, 0.2) is 0 Å². The van der Waals surface area contributed by atoms with Crippen molar-refractivity contribution in [3.8, 4) is 0 Å². The summed E-state index contributed by atoms with van der Waals surface area (Å²) >= 11 is 0. The second-order valence-corrected chi connectivity index (χ2v) is 7.70. The Balaban J connectivity index is 5.36. The van der Waals surface area contributed by atoms with Crippen molar-refractivity contribution in [2.45, 2.75) is 70.5 Å². The van der Waals surface area contributed by atoms with Gasteiger partial charge in [-0.05, 0) is 44.6 Å². The maximum Gasteiger partial charge on any atom is 0.326 e. The fourth-order valence-corrected chi connectivity index (χ4v) is 2.81. The predicted molar refractivity (Wildman–Crippen MR) is 113 cm³/mol. The van der Waals surface area contributed by atoms with Crippen LogP contribution in [0, 0.1) is 5.92 Å². The zero-order valence-corrected chi connectivity index (χ0v) is 18.2. The van der Waals surface area contributed by atoms with Gasteiger partial charge in [-0.1, -0.05) is 13.8 Å². The lowest BCUT2D eigenvalue weighted by molar-refractivity contribution is -0.142. The number of primary amides is 1. The first kappa shape index (κ1) is 28.3. The predicted octanol–water partition coefficient (Wildman–Crippen LogP) is -2.08. The number of aliphatic carboxylic acids is 1. The number of carbonyl (C=O) groups is 5. The van der Waals surface area contributed by atoms with Crippen molar-refractivity contribution in [3.63, 3.8) is 0 Å². The smallest absolute Gasteiger partial charge is 0.326 e. The van der Waals surface area contributed by atoms with Gasteiger partial charge >= 0.3 is 5.97 Å². The average Bonchev–Trinajstić information content (AvgIpc) is 2.68. The van der Waals surface area contributed by atoms with E-state index < -0.39 is 47.7 Å². The van der Waals surface area contributed by atoms with Crippen molar-refractivity contribution in [2.75, 3.05) is 13.1 Å². The molecule has 0 heterocycles. The van der Waals surface area contributed by atoms with E-state index in [1.807, 2.05) is 13.8 Å². The second kappa shape index (κ2) is 15.1. The molecule has 0 aliphatic rings. The molecular formula is C19H36N6O6. The van der Waals surface area contributed by atoms with E-state index in [-0.39, 0.29) is 31.7 Å². The summed E-state index contributed by atoms with van der Waals surface area (Å²) in [5.41, 5.74) is 15.8. The summed E-state index contributed by atoms with van der Waals surface area (Å²) in [4.78, 5) is 59.5. The molecule has 178 valence electrons. The summed E-state index contributed by atoms with van der Waals surface area (Å²) in [5, 5.41) is 16.7. The molecule has 0 saturated heterocycles. The highest BCUT2D eigenvalue weighted by Crippen LogP contribution is 2.08. The minimum absolute atomic E-state index is 0.0727. The maximum absolute atomic E-state index is 12.8. The van der Waals surface area contributed by atoms with E-state index in [2.05, 4.69) is 16.0 Å². The molecule has 4 amide bonds. The Hall–Kier alpha value is -2.73. The third-order valence-corrected chi connectivity index (χ3v) is 4.42. The van der Waals surface area contributed by atoms with Crippen LogP contribution in [-0.4, -0.2) is 65.9 Å².